The molecule has 0 atom stereocenters. The van der Waals surface area contributed by atoms with Crippen LogP contribution in [-0.2, 0) is 6.54 Å². The maximum absolute atomic E-state index is 12.0. The number of rotatable bonds is 4. The van der Waals surface area contributed by atoms with Crippen LogP contribution in [0.3, 0.4) is 0 Å². The number of carbonyl (C=O) groups is 1. The highest BCUT2D eigenvalue weighted by Crippen LogP contribution is 2.37. The summed E-state index contributed by atoms with van der Waals surface area (Å²) < 4.78 is 0. The molecule has 1 fully saturated rings. The first-order valence-electron chi connectivity index (χ1n) is 5.76. The van der Waals surface area contributed by atoms with Gasteiger partial charge < -0.3 is 4.90 Å². The Morgan fingerprint density at radius 2 is 2.33 bits per heavy atom. The molecule has 1 saturated carbocycles. The van der Waals surface area contributed by atoms with Crippen LogP contribution in [0.5, 0.6) is 0 Å². The van der Waals surface area contributed by atoms with Gasteiger partial charge in [-0.2, -0.15) is 5.10 Å². The minimum Gasteiger partial charge on any atom is -0.331 e. The molecular weight excluding hydrogens is 234 g/mol. The zero-order valence-electron chi connectivity index (χ0n) is 9.92. The van der Waals surface area contributed by atoms with Gasteiger partial charge in [0.15, 0.2) is 0 Å². The van der Waals surface area contributed by atoms with E-state index in [4.69, 9.17) is 0 Å². The topological polar surface area (TPSA) is 103 Å². The van der Waals surface area contributed by atoms with Crippen LogP contribution < -0.4 is 0 Å². The Kier molecular flexibility index (Phi) is 2.54. The fourth-order valence-corrected chi connectivity index (χ4v) is 1.68. The van der Waals surface area contributed by atoms with Crippen LogP contribution in [0.15, 0.2) is 6.33 Å². The first kappa shape index (κ1) is 10.9. The standard InChI is InChI=1S/C10H13N7O/c1-17(4-7-11-5-12-14-7)10(18)9-13-8(15-16-9)6-2-3-6/h5-6H,2-4H2,1H3,(H,11,12,14)(H,13,15,16). The summed E-state index contributed by atoms with van der Waals surface area (Å²) in [6.07, 6.45) is 3.65. The van der Waals surface area contributed by atoms with E-state index in [-0.39, 0.29) is 11.7 Å². The molecule has 94 valence electrons. The number of carbonyl (C=O) groups excluding carboxylic acids is 1. The Balaban J connectivity index is 1.68. The minimum absolute atomic E-state index is 0.207. The predicted octanol–water partition coefficient (Wildman–Crippen LogP) is 0.0724. The largest absolute Gasteiger partial charge is 0.331 e. The molecule has 0 saturated heterocycles. The second-order valence-electron chi connectivity index (χ2n) is 4.41. The van der Waals surface area contributed by atoms with E-state index in [1.165, 1.54) is 11.2 Å². The lowest BCUT2D eigenvalue weighted by Gasteiger charge is -2.12. The number of nitrogens with zero attached hydrogens (tertiary/aromatic N) is 5. The van der Waals surface area contributed by atoms with Gasteiger partial charge in [-0.25, -0.2) is 9.97 Å². The molecule has 2 aromatic heterocycles. The Morgan fingerprint density at radius 1 is 1.50 bits per heavy atom. The summed E-state index contributed by atoms with van der Waals surface area (Å²) >= 11 is 0. The second-order valence-corrected chi connectivity index (χ2v) is 4.41. The van der Waals surface area contributed by atoms with Crippen molar-refractivity contribution >= 4 is 5.91 Å². The molecule has 18 heavy (non-hydrogen) atoms. The van der Waals surface area contributed by atoms with Crippen molar-refractivity contribution in [2.45, 2.75) is 25.3 Å². The summed E-state index contributed by atoms with van der Waals surface area (Å²) in [6, 6.07) is 0. The second kappa shape index (κ2) is 4.21. The van der Waals surface area contributed by atoms with E-state index in [1.54, 1.807) is 7.05 Å². The van der Waals surface area contributed by atoms with Crippen molar-refractivity contribution in [3.63, 3.8) is 0 Å². The summed E-state index contributed by atoms with van der Waals surface area (Å²) in [7, 11) is 1.68. The van der Waals surface area contributed by atoms with Gasteiger partial charge in [-0.05, 0) is 12.8 Å². The third-order valence-corrected chi connectivity index (χ3v) is 2.86. The van der Waals surface area contributed by atoms with Crippen LogP contribution >= 0.6 is 0 Å². The van der Waals surface area contributed by atoms with Crippen LogP contribution in [-0.4, -0.2) is 48.2 Å². The van der Waals surface area contributed by atoms with Crippen molar-refractivity contribution in [2.75, 3.05) is 7.05 Å². The maximum Gasteiger partial charge on any atom is 0.293 e. The molecule has 3 rings (SSSR count). The summed E-state index contributed by atoms with van der Waals surface area (Å²) in [4.78, 5) is 21.7. The molecule has 2 heterocycles. The normalized spacial score (nSPS) is 14.7. The summed E-state index contributed by atoms with van der Waals surface area (Å²) in [5.41, 5.74) is 0. The van der Waals surface area contributed by atoms with E-state index in [0.717, 1.165) is 18.7 Å². The average Bonchev–Trinajstić information content (AvgIpc) is 2.91. The molecule has 1 aliphatic rings. The molecule has 0 spiro atoms. The Morgan fingerprint density at radius 3 is 3.00 bits per heavy atom. The van der Waals surface area contributed by atoms with E-state index in [1.807, 2.05) is 0 Å². The lowest BCUT2D eigenvalue weighted by Crippen LogP contribution is -2.27. The summed E-state index contributed by atoms with van der Waals surface area (Å²) in [6.45, 7) is 0.353. The lowest BCUT2D eigenvalue weighted by molar-refractivity contribution is 0.0770. The highest BCUT2D eigenvalue weighted by molar-refractivity contribution is 5.90. The van der Waals surface area contributed by atoms with Crippen LogP contribution in [0.2, 0.25) is 0 Å². The van der Waals surface area contributed by atoms with Gasteiger partial charge in [-0.1, -0.05) is 0 Å². The van der Waals surface area contributed by atoms with Gasteiger partial charge >= 0.3 is 0 Å². The lowest BCUT2D eigenvalue weighted by atomic mass is 10.4. The van der Waals surface area contributed by atoms with Gasteiger partial charge in [0, 0.05) is 13.0 Å². The first-order chi connectivity index (χ1) is 8.74. The van der Waals surface area contributed by atoms with Gasteiger partial charge in [0.05, 0.1) is 6.54 Å². The van der Waals surface area contributed by atoms with Gasteiger partial charge in [-0.3, -0.25) is 15.0 Å². The minimum atomic E-state index is -0.227. The quantitative estimate of drug-likeness (QED) is 0.795. The van der Waals surface area contributed by atoms with E-state index in [9.17, 15) is 4.79 Å². The maximum atomic E-state index is 12.0. The smallest absolute Gasteiger partial charge is 0.293 e. The highest BCUT2D eigenvalue weighted by atomic mass is 16.2. The number of hydrogen-bond acceptors (Lipinski definition) is 5. The molecule has 0 bridgehead atoms. The molecule has 1 amide bonds. The number of hydrogen-bond donors (Lipinski definition) is 2. The molecule has 0 aliphatic heterocycles. The first-order valence-corrected chi connectivity index (χ1v) is 5.76. The van der Waals surface area contributed by atoms with Gasteiger partial charge in [0.25, 0.3) is 5.91 Å². The van der Waals surface area contributed by atoms with E-state index in [2.05, 4.69) is 30.4 Å². The molecule has 0 radical (unpaired) electrons. The van der Waals surface area contributed by atoms with E-state index < -0.39 is 0 Å². The van der Waals surface area contributed by atoms with Crippen molar-refractivity contribution in [1.82, 2.24) is 35.3 Å². The third-order valence-electron chi connectivity index (χ3n) is 2.86. The van der Waals surface area contributed by atoms with Crippen molar-refractivity contribution < 1.29 is 4.79 Å². The number of H-pyrrole nitrogens is 2. The van der Waals surface area contributed by atoms with Gasteiger partial charge in [0.1, 0.15) is 18.0 Å². The highest BCUT2D eigenvalue weighted by Gasteiger charge is 2.28. The molecular formula is C10H13N7O. The Bertz CT molecular complexity index is 542. The van der Waals surface area contributed by atoms with Crippen molar-refractivity contribution in [2.24, 2.45) is 0 Å². The van der Waals surface area contributed by atoms with Crippen LogP contribution in [0, 0.1) is 0 Å². The third kappa shape index (κ3) is 2.08. The number of aromatic amines is 2. The van der Waals surface area contributed by atoms with Crippen molar-refractivity contribution in [3.05, 3.63) is 23.8 Å². The monoisotopic (exact) mass is 247 g/mol. The van der Waals surface area contributed by atoms with E-state index >= 15 is 0 Å². The zero-order valence-corrected chi connectivity index (χ0v) is 9.92. The molecule has 2 N–H and O–H groups in total. The van der Waals surface area contributed by atoms with Crippen molar-refractivity contribution in [1.29, 1.82) is 0 Å². The van der Waals surface area contributed by atoms with Gasteiger partial charge in [-0.15, -0.1) is 5.10 Å². The fourth-order valence-electron chi connectivity index (χ4n) is 1.68. The molecule has 0 unspecified atom stereocenters. The van der Waals surface area contributed by atoms with E-state index in [0.29, 0.717) is 18.3 Å². The number of amides is 1. The number of aromatic nitrogens is 6. The summed E-state index contributed by atoms with van der Waals surface area (Å²) in [5, 5.41) is 13.2. The molecule has 0 aromatic carbocycles. The Labute approximate surface area is 103 Å². The SMILES string of the molecule is CN(Cc1ncn[nH]1)C(=O)c1n[nH]c(C2CC2)n1. The molecule has 1 aliphatic carbocycles. The fraction of sp³-hybridized carbons (Fsp3) is 0.500. The van der Waals surface area contributed by atoms with Crippen LogP contribution in [0.25, 0.3) is 0 Å². The average molecular weight is 247 g/mol. The Hall–Kier alpha value is -2.25. The predicted molar refractivity (Wildman–Crippen MR) is 60.5 cm³/mol. The van der Waals surface area contributed by atoms with Crippen molar-refractivity contribution in [3.8, 4) is 0 Å². The molecule has 2 aromatic rings. The van der Waals surface area contributed by atoms with Gasteiger partial charge in [0.2, 0.25) is 5.82 Å². The summed E-state index contributed by atoms with van der Waals surface area (Å²) in [5.74, 6) is 1.88. The zero-order chi connectivity index (χ0) is 12.5. The molecule has 8 heteroatoms. The van der Waals surface area contributed by atoms with Crippen LogP contribution in [0.4, 0.5) is 0 Å². The number of nitrogens with one attached hydrogen (secondary N) is 2. The molecule has 8 nitrogen and oxygen atoms in total. The van der Waals surface area contributed by atoms with Crippen LogP contribution in [0.1, 0.15) is 41.0 Å².